The molecule has 0 bridgehead atoms. The molecule has 0 radical (unpaired) electrons. The predicted octanol–water partition coefficient (Wildman–Crippen LogP) is 5.94. The third-order valence-corrected chi connectivity index (χ3v) is 7.44. The van der Waals surface area contributed by atoms with Gasteiger partial charge in [-0.05, 0) is 63.0 Å². The first kappa shape index (κ1) is 27.0. The molecule has 1 saturated heterocycles. The second-order valence-corrected chi connectivity index (χ2v) is 9.81. The van der Waals surface area contributed by atoms with Crippen molar-refractivity contribution in [2.75, 3.05) is 33.1 Å². The van der Waals surface area contributed by atoms with Crippen LogP contribution < -0.4 is 4.74 Å². The summed E-state index contributed by atoms with van der Waals surface area (Å²) in [4.78, 5) is 12.8. The van der Waals surface area contributed by atoms with Gasteiger partial charge in [0.25, 0.3) is 6.20 Å². The Bertz CT molecular complexity index is 1010. The van der Waals surface area contributed by atoms with Crippen LogP contribution in [0.1, 0.15) is 43.2 Å². The summed E-state index contributed by atoms with van der Waals surface area (Å²) in [5, 5.41) is 24.2. The van der Waals surface area contributed by atoms with E-state index in [-0.39, 0.29) is 5.92 Å². The SMILES string of the molecule is COCCCC[C@@](O)(c1ccccc1Oc1ccccc1C)C1CCCN(C(=C[N+](=O)[O-])SC)C1. The third-order valence-electron chi connectivity index (χ3n) is 6.66. The molecule has 2 aromatic carbocycles. The monoisotopic (exact) mass is 500 g/mol. The van der Waals surface area contributed by atoms with E-state index < -0.39 is 10.5 Å². The lowest BCUT2D eigenvalue weighted by Gasteiger charge is -2.44. The number of aryl methyl sites for hydroxylation is 1. The Kier molecular flexibility index (Phi) is 10.0. The lowest BCUT2D eigenvalue weighted by Crippen LogP contribution is -2.45. The number of para-hydroxylation sites is 2. The van der Waals surface area contributed by atoms with Crippen LogP contribution >= 0.6 is 11.8 Å². The maximum Gasteiger partial charge on any atom is 0.264 e. The molecule has 0 amide bonds. The van der Waals surface area contributed by atoms with Crippen molar-refractivity contribution >= 4 is 11.8 Å². The molecule has 0 aromatic heterocycles. The molecule has 0 aliphatic carbocycles. The Morgan fingerprint density at radius 2 is 1.94 bits per heavy atom. The highest BCUT2D eigenvalue weighted by molar-refractivity contribution is 8.02. The number of hydrogen-bond donors (Lipinski definition) is 1. The van der Waals surface area contributed by atoms with E-state index in [2.05, 4.69) is 0 Å². The summed E-state index contributed by atoms with van der Waals surface area (Å²) < 4.78 is 11.6. The van der Waals surface area contributed by atoms with Crippen LogP contribution in [0.4, 0.5) is 0 Å². The smallest absolute Gasteiger partial charge is 0.264 e. The molecule has 35 heavy (non-hydrogen) atoms. The summed E-state index contributed by atoms with van der Waals surface area (Å²) in [6.07, 6.45) is 6.78. The fraction of sp³-hybridized carbons (Fsp3) is 0.481. The molecule has 7 nitrogen and oxygen atoms in total. The first-order valence-corrected chi connectivity index (χ1v) is 13.3. The number of likely N-dealkylation sites (tertiary alicyclic amines) is 1. The number of thioether (sulfide) groups is 1. The van der Waals surface area contributed by atoms with E-state index in [9.17, 15) is 15.2 Å². The number of unbranched alkanes of at least 4 members (excludes halogenated alkanes) is 1. The molecule has 2 aromatic rings. The van der Waals surface area contributed by atoms with Gasteiger partial charge in [0.05, 0.1) is 10.5 Å². The van der Waals surface area contributed by atoms with Crippen LogP contribution in [0, 0.1) is 23.0 Å². The van der Waals surface area contributed by atoms with Crippen molar-refractivity contribution in [3.63, 3.8) is 0 Å². The van der Waals surface area contributed by atoms with Crippen molar-refractivity contribution in [3.8, 4) is 11.5 Å². The summed E-state index contributed by atoms with van der Waals surface area (Å²) in [6, 6.07) is 15.5. The molecule has 0 saturated carbocycles. The highest BCUT2D eigenvalue weighted by atomic mass is 32.2. The minimum absolute atomic E-state index is 0.109. The Labute approximate surface area is 212 Å². The number of methoxy groups -OCH3 is 1. The quantitative estimate of drug-likeness (QED) is 0.219. The first-order chi connectivity index (χ1) is 16.9. The normalized spacial score (nSPS) is 18.2. The molecule has 3 rings (SSSR count). The molecular formula is C27H36N2O5S. The van der Waals surface area contributed by atoms with Crippen molar-refractivity contribution in [2.24, 2.45) is 5.92 Å². The maximum atomic E-state index is 12.4. The number of aliphatic hydroxyl groups is 1. The average Bonchev–Trinajstić information content (AvgIpc) is 2.86. The standard InChI is InChI=1S/C27H36N2O5S/c1-21-11-4-6-14-24(21)34-25-15-7-5-13-23(25)27(30,16-8-9-18-33-2)22-12-10-17-28(19-22)26(35-3)20-29(31)32/h4-7,11,13-15,20,22,30H,8-10,12,16-19H2,1-3H3/t22?,27-/m0/s1. The van der Waals surface area contributed by atoms with Crippen LogP contribution in [0.25, 0.3) is 0 Å². The largest absolute Gasteiger partial charge is 0.457 e. The number of nitrogens with zero attached hydrogens (tertiary/aromatic N) is 2. The van der Waals surface area contributed by atoms with Gasteiger partial charge in [0.2, 0.25) is 0 Å². The van der Waals surface area contributed by atoms with Crippen molar-refractivity contribution < 1.29 is 19.5 Å². The summed E-state index contributed by atoms with van der Waals surface area (Å²) in [7, 11) is 1.68. The van der Waals surface area contributed by atoms with Gasteiger partial charge in [0, 0.05) is 38.3 Å². The van der Waals surface area contributed by atoms with Gasteiger partial charge in [-0.15, -0.1) is 11.8 Å². The second kappa shape index (κ2) is 13.0. The number of benzene rings is 2. The average molecular weight is 501 g/mol. The summed E-state index contributed by atoms with van der Waals surface area (Å²) in [5.74, 6) is 1.28. The summed E-state index contributed by atoms with van der Waals surface area (Å²) >= 11 is 1.37. The molecule has 1 fully saturated rings. The summed E-state index contributed by atoms with van der Waals surface area (Å²) in [6.45, 7) is 3.91. The molecule has 1 aliphatic rings. The van der Waals surface area contributed by atoms with Gasteiger partial charge in [-0.2, -0.15) is 0 Å². The maximum absolute atomic E-state index is 12.4. The van der Waals surface area contributed by atoms with E-state index in [1.54, 1.807) is 7.11 Å². The predicted molar refractivity (Wildman–Crippen MR) is 140 cm³/mol. The van der Waals surface area contributed by atoms with Gasteiger partial charge in [-0.1, -0.05) is 36.4 Å². The van der Waals surface area contributed by atoms with Crippen molar-refractivity contribution in [1.82, 2.24) is 4.90 Å². The number of ether oxygens (including phenoxy) is 2. The fourth-order valence-electron chi connectivity index (χ4n) is 4.82. The van der Waals surface area contributed by atoms with Gasteiger partial charge in [0.15, 0.2) is 0 Å². The van der Waals surface area contributed by atoms with Gasteiger partial charge < -0.3 is 19.5 Å². The minimum atomic E-state index is -1.15. The van der Waals surface area contributed by atoms with Crippen LogP contribution in [0.3, 0.4) is 0 Å². The molecule has 2 atom stereocenters. The van der Waals surface area contributed by atoms with Gasteiger partial charge in [-0.25, -0.2) is 0 Å². The zero-order chi connectivity index (χ0) is 25.3. The molecule has 1 aliphatic heterocycles. The summed E-state index contributed by atoms with van der Waals surface area (Å²) in [5.41, 5.74) is 0.630. The molecular weight excluding hydrogens is 464 g/mol. The highest BCUT2D eigenvalue weighted by Gasteiger charge is 2.42. The Morgan fingerprint density at radius 3 is 2.63 bits per heavy atom. The number of hydrogen-bond acceptors (Lipinski definition) is 7. The Hall–Kier alpha value is -2.55. The van der Waals surface area contributed by atoms with E-state index >= 15 is 0 Å². The Morgan fingerprint density at radius 1 is 1.23 bits per heavy atom. The van der Waals surface area contributed by atoms with Gasteiger partial charge in [0.1, 0.15) is 16.5 Å². The molecule has 1 heterocycles. The van der Waals surface area contributed by atoms with Crippen LogP contribution in [-0.4, -0.2) is 48.0 Å². The van der Waals surface area contributed by atoms with E-state index in [1.165, 1.54) is 11.8 Å². The highest BCUT2D eigenvalue weighted by Crippen LogP contribution is 2.45. The zero-order valence-corrected chi connectivity index (χ0v) is 21.6. The number of piperidine rings is 1. The van der Waals surface area contributed by atoms with Crippen LogP contribution in [0.2, 0.25) is 0 Å². The van der Waals surface area contributed by atoms with Crippen molar-refractivity contribution in [2.45, 2.75) is 44.6 Å². The molecule has 190 valence electrons. The van der Waals surface area contributed by atoms with Crippen LogP contribution in [0.15, 0.2) is 59.8 Å². The van der Waals surface area contributed by atoms with E-state index in [0.717, 1.165) is 55.3 Å². The van der Waals surface area contributed by atoms with Crippen molar-refractivity contribution in [3.05, 3.63) is 81.0 Å². The zero-order valence-electron chi connectivity index (χ0n) is 20.8. The topological polar surface area (TPSA) is 85.1 Å². The van der Waals surface area contributed by atoms with Crippen LogP contribution in [-0.2, 0) is 10.3 Å². The number of rotatable bonds is 12. The van der Waals surface area contributed by atoms with Gasteiger partial charge in [-0.3, -0.25) is 10.1 Å². The van der Waals surface area contributed by atoms with Gasteiger partial charge >= 0.3 is 0 Å². The lowest BCUT2D eigenvalue weighted by molar-refractivity contribution is -0.403. The third kappa shape index (κ3) is 6.99. The van der Waals surface area contributed by atoms with E-state index in [0.29, 0.717) is 30.4 Å². The molecule has 8 heteroatoms. The van der Waals surface area contributed by atoms with E-state index in [4.69, 9.17) is 9.47 Å². The molecule has 1 N–H and O–H groups in total. The van der Waals surface area contributed by atoms with Crippen LogP contribution in [0.5, 0.6) is 11.5 Å². The minimum Gasteiger partial charge on any atom is -0.457 e. The Balaban J connectivity index is 1.97. The first-order valence-electron chi connectivity index (χ1n) is 12.1. The van der Waals surface area contributed by atoms with E-state index in [1.807, 2.05) is 66.6 Å². The second-order valence-electron chi connectivity index (χ2n) is 8.98. The molecule has 1 unspecified atom stereocenters. The number of nitro groups is 1. The van der Waals surface area contributed by atoms with Crippen molar-refractivity contribution in [1.29, 1.82) is 0 Å². The molecule has 0 spiro atoms. The fourth-order valence-corrected chi connectivity index (χ4v) is 5.44. The lowest BCUT2D eigenvalue weighted by atomic mass is 9.73.